The van der Waals surface area contributed by atoms with Crippen molar-refractivity contribution in [3.8, 4) is 17.3 Å². The molecule has 0 unspecified atom stereocenters. The van der Waals surface area contributed by atoms with Crippen molar-refractivity contribution in [1.29, 1.82) is 5.26 Å². The first kappa shape index (κ1) is 19.4. The second-order valence-corrected chi connectivity index (χ2v) is 6.68. The third-order valence-electron chi connectivity index (χ3n) is 4.45. The highest BCUT2D eigenvalue weighted by Gasteiger charge is 2.36. The van der Waals surface area contributed by atoms with E-state index in [1.54, 1.807) is 24.3 Å². The van der Waals surface area contributed by atoms with E-state index in [2.05, 4.69) is 0 Å². The molecule has 2 aromatic carbocycles. The van der Waals surface area contributed by atoms with Crippen molar-refractivity contribution in [2.45, 2.75) is 26.6 Å². The maximum Gasteiger partial charge on any atom is 0.417 e. The number of alkyl halides is 3. The van der Waals surface area contributed by atoms with Crippen LogP contribution in [0.1, 0.15) is 27.8 Å². The Morgan fingerprint density at radius 3 is 2.21 bits per heavy atom. The second-order valence-electron chi connectivity index (χ2n) is 6.68. The minimum Gasteiger partial charge on any atom is -0.303 e. The van der Waals surface area contributed by atoms with Crippen LogP contribution in [-0.4, -0.2) is 4.57 Å². The number of benzene rings is 2. The van der Waals surface area contributed by atoms with Gasteiger partial charge in [-0.05, 0) is 37.1 Å². The Labute approximate surface area is 160 Å². The van der Waals surface area contributed by atoms with Crippen LogP contribution in [-0.2, 0) is 12.7 Å². The molecule has 142 valence electrons. The average molecular weight is 382 g/mol. The van der Waals surface area contributed by atoms with Gasteiger partial charge in [-0.3, -0.25) is 4.79 Å². The summed E-state index contributed by atoms with van der Waals surface area (Å²) in [7, 11) is 0. The topological polar surface area (TPSA) is 45.8 Å². The Balaban J connectivity index is 2.32. The summed E-state index contributed by atoms with van der Waals surface area (Å²) in [5.41, 5.74) is 0.143. The molecular weight excluding hydrogens is 365 g/mol. The molecule has 0 spiro atoms. The van der Waals surface area contributed by atoms with Crippen LogP contribution >= 0.6 is 0 Å². The minimum atomic E-state index is -4.80. The smallest absolute Gasteiger partial charge is 0.303 e. The van der Waals surface area contributed by atoms with Crippen molar-refractivity contribution in [3.63, 3.8) is 0 Å². The Morgan fingerprint density at radius 1 is 1.00 bits per heavy atom. The minimum absolute atomic E-state index is 0.0661. The quantitative estimate of drug-likeness (QED) is 0.635. The number of aromatic nitrogens is 1. The van der Waals surface area contributed by atoms with Crippen molar-refractivity contribution < 1.29 is 13.2 Å². The number of hydrogen-bond acceptors (Lipinski definition) is 2. The van der Waals surface area contributed by atoms with Gasteiger partial charge in [-0.1, -0.05) is 53.6 Å². The summed E-state index contributed by atoms with van der Waals surface area (Å²) >= 11 is 0. The molecule has 0 bridgehead atoms. The number of aryl methyl sites for hydroxylation is 2. The number of hydrogen-bond donors (Lipinski definition) is 0. The molecule has 3 aromatic rings. The highest BCUT2D eigenvalue weighted by Crippen LogP contribution is 2.33. The standard InChI is InChI=1S/C22H17F3N2O/c1-14-5-3-7-16(9-14)13-27-20(17-8-4-6-15(2)10-17)11-19(22(23,24)25)18(12-26)21(27)28/h3-11H,13H2,1-2H3. The first-order valence-corrected chi connectivity index (χ1v) is 8.58. The summed E-state index contributed by atoms with van der Waals surface area (Å²) in [5.74, 6) is 0. The fourth-order valence-electron chi connectivity index (χ4n) is 3.17. The van der Waals surface area contributed by atoms with E-state index in [1.807, 2.05) is 38.1 Å². The van der Waals surface area contributed by atoms with Crippen LogP contribution in [0.4, 0.5) is 13.2 Å². The number of nitrogens with zero attached hydrogens (tertiary/aromatic N) is 2. The molecular formula is C22H17F3N2O. The normalized spacial score (nSPS) is 11.3. The van der Waals surface area contributed by atoms with E-state index in [0.29, 0.717) is 5.56 Å². The number of rotatable bonds is 3. The molecule has 0 aliphatic rings. The lowest BCUT2D eigenvalue weighted by Gasteiger charge is -2.18. The lowest BCUT2D eigenvalue weighted by atomic mass is 10.0. The summed E-state index contributed by atoms with van der Waals surface area (Å²) in [4.78, 5) is 12.9. The van der Waals surface area contributed by atoms with Gasteiger partial charge in [0.05, 0.1) is 17.8 Å². The predicted octanol–water partition coefficient (Wildman–Crippen LogP) is 5.07. The molecule has 0 aliphatic carbocycles. The van der Waals surface area contributed by atoms with E-state index < -0.39 is 22.9 Å². The Morgan fingerprint density at radius 2 is 1.64 bits per heavy atom. The van der Waals surface area contributed by atoms with Gasteiger partial charge in [0.1, 0.15) is 11.6 Å². The largest absolute Gasteiger partial charge is 0.417 e. The van der Waals surface area contributed by atoms with Crippen molar-refractivity contribution in [2.75, 3.05) is 0 Å². The molecule has 6 heteroatoms. The van der Waals surface area contributed by atoms with Crippen LogP contribution in [0.5, 0.6) is 0 Å². The third kappa shape index (κ3) is 3.84. The van der Waals surface area contributed by atoms with Crippen molar-refractivity contribution in [3.05, 3.63) is 92.8 Å². The van der Waals surface area contributed by atoms with Crippen LogP contribution in [0.15, 0.2) is 59.4 Å². The SMILES string of the molecule is Cc1cccc(Cn2c(-c3cccc(C)c3)cc(C(F)(F)F)c(C#N)c2=O)c1. The van der Waals surface area contributed by atoms with Crippen LogP contribution in [0.2, 0.25) is 0 Å². The van der Waals surface area contributed by atoms with Gasteiger partial charge >= 0.3 is 6.18 Å². The molecule has 3 nitrogen and oxygen atoms in total. The molecule has 0 saturated carbocycles. The fraction of sp³-hybridized carbons (Fsp3) is 0.182. The van der Waals surface area contributed by atoms with Crippen molar-refractivity contribution >= 4 is 0 Å². The summed E-state index contributed by atoms with van der Waals surface area (Å²) in [6.07, 6.45) is -4.80. The van der Waals surface area contributed by atoms with Gasteiger partial charge < -0.3 is 4.57 Å². The van der Waals surface area contributed by atoms with Crippen LogP contribution in [0, 0.1) is 25.2 Å². The van der Waals surface area contributed by atoms with Crippen LogP contribution in [0.25, 0.3) is 11.3 Å². The number of halogens is 3. The van der Waals surface area contributed by atoms with E-state index in [4.69, 9.17) is 0 Å². The fourth-order valence-corrected chi connectivity index (χ4v) is 3.17. The van der Waals surface area contributed by atoms with E-state index in [9.17, 15) is 23.2 Å². The monoisotopic (exact) mass is 382 g/mol. The number of nitriles is 1. The first-order valence-electron chi connectivity index (χ1n) is 8.58. The molecule has 0 saturated heterocycles. The Hall–Kier alpha value is -3.33. The van der Waals surface area contributed by atoms with Gasteiger partial charge in [-0.25, -0.2) is 0 Å². The van der Waals surface area contributed by atoms with Crippen LogP contribution in [0.3, 0.4) is 0 Å². The molecule has 1 aromatic heterocycles. The summed E-state index contributed by atoms with van der Waals surface area (Å²) < 4.78 is 41.7. The number of pyridine rings is 1. The van der Waals surface area contributed by atoms with Crippen LogP contribution < -0.4 is 5.56 Å². The molecule has 0 N–H and O–H groups in total. The van der Waals surface area contributed by atoms with Crippen molar-refractivity contribution in [2.24, 2.45) is 0 Å². The van der Waals surface area contributed by atoms with E-state index in [-0.39, 0.29) is 12.2 Å². The van der Waals surface area contributed by atoms with E-state index in [1.165, 1.54) is 10.6 Å². The van der Waals surface area contributed by atoms with Gasteiger partial charge in [-0.2, -0.15) is 18.4 Å². The van der Waals surface area contributed by atoms with Gasteiger partial charge in [0, 0.05) is 0 Å². The van der Waals surface area contributed by atoms with Crippen molar-refractivity contribution in [1.82, 2.24) is 4.57 Å². The van der Waals surface area contributed by atoms with E-state index in [0.717, 1.165) is 22.8 Å². The molecule has 0 atom stereocenters. The first-order chi connectivity index (χ1) is 13.2. The Kier molecular flexibility index (Phi) is 5.10. The Bertz CT molecular complexity index is 1140. The molecule has 0 aliphatic heterocycles. The molecule has 0 fully saturated rings. The molecule has 1 heterocycles. The average Bonchev–Trinajstić information content (AvgIpc) is 2.62. The van der Waals surface area contributed by atoms with Gasteiger partial charge in [-0.15, -0.1) is 0 Å². The maximum atomic E-state index is 13.5. The lowest BCUT2D eigenvalue weighted by molar-refractivity contribution is -0.137. The summed E-state index contributed by atoms with van der Waals surface area (Å²) in [6, 6.07) is 16.6. The summed E-state index contributed by atoms with van der Waals surface area (Å²) in [5, 5.41) is 9.24. The molecule has 0 amide bonds. The van der Waals surface area contributed by atoms with Gasteiger partial charge in [0.25, 0.3) is 5.56 Å². The third-order valence-corrected chi connectivity index (χ3v) is 4.45. The molecule has 0 radical (unpaired) electrons. The highest BCUT2D eigenvalue weighted by molar-refractivity contribution is 5.63. The summed E-state index contributed by atoms with van der Waals surface area (Å²) in [6.45, 7) is 3.78. The van der Waals surface area contributed by atoms with E-state index >= 15 is 0 Å². The maximum absolute atomic E-state index is 13.5. The van der Waals surface area contributed by atoms with Gasteiger partial charge in [0.15, 0.2) is 0 Å². The zero-order chi connectivity index (χ0) is 20.5. The lowest BCUT2D eigenvalue weighted by Crippen LogP contribution is -2.28. The zero-order valence-electron chi connectivity index (χ0n) is 15.3. The second kappa shape index (κ2) is 7.35. The van der Waals surface area contributed by atoms with Gasteiger partial charge in [0.2, 0.25) is 0 Å². The molecule has 28 heavy (non-hydrogen) atoms. The zero-order valence-corrected chi connectivity index (χ0v) is 15.3. The highest BCUT2D eigenvalue weighted by atomic mass is 19.4. The predicted molar refractivity (Wildman–Crippen MR) is 101 cm³/mol. The molecule has 3 rings (SSSR count).